The SMILES string of the molecule is OCC[C@H]1O[C@H]2OC(CO)[C@@H](O[C@H]3OC(CO)[C@@H](O[C@@H](O)/C(O)=C(/O)[C@@H](CCO)O[C@H]4OC(CO)[C@@H](O[C@H]5OC(CO)[C@@H](O[C@@H](O)C(O)=C1O)C(O)C5O)C(O)C4O)C(O)C3O)C(O)C2O. The minimum Gasteiger partial charge on any atom is -0.506 e. The highest BCUT2D eigenvalue weighted by atomic mass is 16.8. The lowest BCUT2D eigenvalue weighted by Gasteiger charge is -2.47. The molecule has 11 aliphatic rings. The van der Waals surface area contributed by atoms with E-state index in [1.807, 2.05) is 0 Å². The van der Waals surface area contributed by atoms with Crippen molar-refractivity contribution < 1.29 is 149 Å². The van der Waals surface area contributed by atoms with Crippen molar-refractivity contribution in [3.05, 3.63) is 23.0 Å². The molecule has 0 aromatic rings. The Kier molecular flexibility index (Phi) is 19.8. The molecule has 4 fully saturated rings. The summed E-state index contributed by atoms with van der Waals surface area (Å²) in [4.78, 5) is 0. The number of hydrogen-bond acceptors (Lipinski definition) is 30. The molecule has 0 amide bonds. The van der Waals surface area contributed by atoms with E-state index in [4.69, 9.17) is 47.4 Å². The van der Waals surface area contributed by atoms with E-state index >= 15 is 0 Å². The zero-order chi connectivity index (χ0) is 48.9. The summed E-state index contributed by atoms with van der Waals surface area (Å²) in [6.45, 7) is -5.92. The molecule has 0 aromatic heterocycles. The fourth-order valence-corrected chi connectivity index (χ4v) is 7.75. The van der Waals surface area contributed by atoms with E-state index in [2.05, 4.69) is 0 Å². The molecule has 0 saturated carbocycles. The molecule has 11 aliphatic heterocycles. The molecular weight excluding hydrogens is 912 g/mol. The largest absolute Gasteiger partial charge is 0.506 e. The molecule has 0 aromatic carbocycles. The molecule has 30 nitrogen and oxygen atoms in total. The Labute approximate surface area is 372 Å². The summed E-state index contributed by atoms with van der Waals surface area (Å²) in [6, 6.07) is 0. The van der Waals surface area contributed by atoms with Gasteiger partial charge >= 0.3 is 0 Å². The summed E-state index contributed by atoms with van der Waals surface area (Å²) in [5, 5.41) is 214. The number of ether oxygens (including phenoxy) is 10. The van der Waals surface area contributed by atoms with Crippen LogP contribution in [-0.4, -0.2) is 289 Å². The molecular formula is C36H60O30. The van der Waals surface area contributed by atoms with Gasteiger partial charge in [0, 0.05) is 26.1 Å². The summed E-state index contributed by atoms with van der Waals surface area (Å²) in [6.07, 6.45) is -51.2. The normalized spacial score (nSPS) is 48.5. The molecule has 8 bridgehead atoms. The average molecular weight is 973 g/mol. The van der Waals surface area contributed by atoms with Crippen molar-refractivity contribution in [3.8, 4) is 0 Å². The van der Waals surface area contributed by atoms with Gasteiger partial charge in [-0.3, -0.25) is 0 Å². The van der Waals surface area contributed by atoms with Gasteiger partial charge in [-0.1, -0.05) is 0 Å². The van der Waals surface area contributed by atoms with Crippen molar-refractivity contribution in [1.29, 1.82) is 0 Å². The van der Waals surface area contributed by atoms with Gasteiger partial charge in [-0.05, 0) is 0 Å². The van der Waals surface area contributed by atoms with Crippen molar-refractivity contribution in [2.45, 2.75) is 160 Å². The second-order valence-electron chi connectivity index (χ2n) is 15.7. The molecule has 0 aliphatic carbocycles. The van der Waals surface area contributed by atoms with Crippen LogP contribution < -0.4 is 0 Å². The van der Waals surface area contributed by atoms with Gasteiger partial charge in [-0.15, -0.1) is 0 Å². The minimum atomic E-state index is -2.67. The Morgan fingerprint density at radius 2 is 0.530 bits per heavy atom. The Bertz CT molecular complexity index is 1450. The lowest BCUT2D eigenvalue weighted by atomic mass is 9.96. The van der Waals surface area contributed by atoms with E-state index in [-0.39, 0.29) is 0 Å². The summed E-state index contributed by atoms with van der Waals surface area (Å²) >= 11 is 0. The summed E-state index contributed by atoms with van der Waals surface area (Å²) in [5.74, 6) is -5.60. The molecule has 11 rings (SSSR count). The Morgan fingerprint density at radius 3 is 0.773 bits per heavy atom. The number of aliphatic hydroxyl groups is 20. The lowest BCUT2D eigenvalue weighted by Crippen LogP contribution is -2.65. The molecule has 12 unspecified atom stereocenters. The fraction of sp³-hybridized carbons (Fsp3) is 0.889. The molecule has 24 atom stereocenters. The number of hydrogen-bond donors (Lipinski definition) is 20. The predicted molar refractivity (Wildman–Crippen MR) is 200 cm³/mol. The van der Waals surface area contributed by atoms with Crippen LogP contribution in [0.25, 0.3) is 0 Å². The van der Waals surface area contributed by atoms with E-state index in [0.29, 0.717) is 0 Å². The van der Waals surface area contributed by atoms with Crippen LogP contribution in [0.15, 0.2) is 23.0 Å². The minimum absolute atomic E-state index is 0.648. The van der Waals surface area contributed by atoms with Gasteiger partial charge in [0.1, 0.15) is 110 Å². The van der Waals surface area contributed by atoms with Gasteiger partial charge < -0.3 is 149 Å². The van der Waals surface area contributed by atoms with E-state index in [0.717, 1.165) is 0 Å². The molecule has 0 spiro atoms. The maximum atomic E-state index is 11.1. The van der Waals surface area contributed by atoms with Crippen LogP contribution >= 0.6 is 0 Å². The first-order valence-corrected chi connectivity index (χ1v) is 20.5. The Hall–Kier alpha value is -2.36. The van der Waals surface area contributed by atoms with E-state index in [9.17, 15) is 102 Å². The van der Waals surface area contributed by atoms with Crippen LogP contribution in [0.3, 0.4) is 0 Å². The molecule has 384 valence electrons. The van der Waals surface area contributed by atoms with Gasteiger partial charge in [0.25, 0.3) is 0 Å². The van der Waals surface area contributed by atoms with Crippen LogP contribution in [0.1, 0.15) is 12.8 Å². The molecule has 11 heterocycles. The van der Waals surface area contributed by atoms with Gasteiger partial charge in [-0.25, -0.2) is 0 Å². The molecule has 20 N–H and O–H groups in total. The van der Waals surface area contributed by atoms with Crippen molar-refractivity contribution in [3.63, 3.8) is 0 Å². The summed E-state index contributed by atoms with van der Waals surface area (Å²) < 4.78 is 54.8. The Balaban J connectivity index is 1.51. The van der Waals surface area contributed by atoms with Crippen LogP contribution in [0.2, 0.25) is 0 Å². The quantitative estimate of drug-likeness (QED) is 0.107. The second kappa shape index (κ2) is 24.0. The molecule has 0 radical (unpaired) electrons. The second-order valence-corrected chi connectivity index (χ2v) is 15.7. The first kappa shape index (κ1) is 54.6. The van der Waals surface area contributed by atoms with E-state index in [1.54, 1.807) is 0 Å². The van der Waals surface area contributed by atoms with Gasteiger partial charge in [0.05, 0.1) is 26.4 Å². The highest BCUT2D eigenvalue weighted by Crippen LogP contribution is 2.35. The maximum absolute atomic E-state index is 11.1. The summed E-state index contributed by atoms with van der Waals surface area (Å²) in [7, 11) is 0. The van der Waals surface area contributed by atoms with Crippen LogP contribution in [0.5, 0.6) is 0 Å². The van der Waals surface area contributed by atoms with Crippen LogP contribution in [-0.2, 0) is 47.4 Å². The third kappa shape index (κ3) is 11.6. The van der Waals surface area contributed by atoms with Crippen molar-refractivity contribution in [2.75, 3.05) is 39.6 Å². The zero-order valence-corrected chi connectivity index (χ0v) is 34.5. The summed E-state index contributed by atoms with van der Waals surface area (Å²) in [5.41, 5.74) is 0. The van der Waals surface area contributed by atoms with Gasteiger partial charge in [0.2, 0.25) is 12.6 Å². The lowest BCUT2D eigenvalue weighted by molar-refractivity contribution is -0.370. The molecule has 30 heteroatoms. The molecule has 66 heavy (non-hydrogen) atoms. The van der Waals surface area contributed by atoms with Crippen molar-refractivity contribution in [1.82, 2.24) is 0 Å². The van der Waals surface area contributed by atoms with Crippen molar-refractivity contribution >= 4 is 0 Å². The standard InChI is InChI=1S/C36H60O30/c37-3-1-9-15(43)21(49)31(55)63-27-11(5-39)61-36(25(53)17(27)45)66-30-14(8-42)60-34(24(52)20(30)48)58-10(2-4-38)16(44)22(50)32(56)64-28-12(6-40)62-35(26(54)18(28)46)65-29-13(7-41)59-33(57-9)23(51)19(29)47/h9-14,17-20,23-56H,1-8H2/b21-15-,22-16?/t9-,10-,11?,12?,13?,14?,17?,18?,19?,20?,23?,24?,25?,26?,27-,28-,29-,30-,31-,32-,33+,34+,35-,36-/m1/s1. The van der Waals surface area contributed by atoms with Crippen LogP contribution in [0, 0.1) is 0 Å². The third-order valence-corrected chi connectivity index (χ3v) is 11.4. The first-order valence-electron chi connectivity index (χ1n) is 20.5. The third-order valence-electron chi connectivity index (χ3n) is 11.4. The smallest absolute Gasteiger partial charge is 0.218 e. The maximum Gasteiger partial charge on any atom is 0.218 e. The topological polar surface area (TPSA) is 497 Å². The monoisotopic (exact) mass is 972 g/mol. The van der Waals surface area contributed by atoms with Gasteiger partial charge in [0.15, 0.2) is 48.2 Å². The van der Waals surface area contributed by atoms with E-state index < -0.39 is 223 Å². The first-order chi connectivity index (χ1) is 31.3. The van der Waals surface area contributed by atoms with Crippen molar-refractivity contribution in [2.24, 2.45) is 0 Å². The predicted octanol–water partition coefficient (Wildman–Crippen LogP) is -9.88. The average Bonchev–Trinajstić information content (AvgIpc) is 3.30. The zero-order valence-electron chi connectivity index (χ0n) is 34.5. The highest BCUT2D eigenvalue weighted by Gasteiger charge is 2.55. The van der Waals surface area contributed by atoms with Gasteiger partial charge in [-0.2, -0.15) is 0 Å². The van der Waals surface area contributed by atoms with E-state index in [1.165, 1.54) is 0 Å². The molecule has 4 saturated heterocycles. The Morgan fingerprint density at radius 1 is 0.288 bits per heavy atom. The fourth-order valence-electron chi connectivity index (χ4n) is 7.75. The van der Waals surface area contributed by atoms with Crippen LogP contribution in [0.4, 0.5) is 0 Å². The number of rotatable bonds is 8. The number of aliphatic hydroxyl groups excluding tert-OH is 20. The highest BCUT2D eigenvalue weighted by molar-refractivity contribution is 5.10.